The maximum absolute atomic E-state index is 6.54. The predicted octanol–water partition coefficient (Wildman–Crippen LogP) is 14.1. The first-order valence-corrected chi connectivity index (χ1v) is 19.5. The van der Waals surface area contributed by atoms with Crippen molar-refractivity contribution in [1.82, 2.24) is 0 Å². The van der Waals surface area contributed by atoms with Crippen molar-refractivity contribution in [1.29, 1.82) is 0 Å². The van der Waals surface area contributed by atoms with Gasteiger partial charge in [-0.1, -0.05) is 164 Å². The van der Waals surface area contributed by atoms with Gasteiger partial charge >= 0.3 is 0 Å². The molecule has 56 heavy (non-hydrogen) atoms. The molecule has 0 bridgehead atoms. The standard InChI is InChI=1S/C54H35NO/c1-3-18-38(19-4-1)54(39-20-5-2-6-21-39)46-34-40(30-32-43(46)44-31-29-35-15-7-10-23-42(35)53(44)54)55(47-25-13-17-37-33-36-16-8-9-22-41(36)51(37)47)48-26-14-28-50-52(48)45-24-11-12-27-49(45)56-50/h1-32,34H,33H2. The zero-order valence-electron chi connectivity index (χ0n) is 30.6. The minimum atomic E-state index is -0.574. The van der Waals surface area contributed by atoms with Crippen LogP contribution in [0.25, 0.3) is 55.0 Å². The smallest absolute Gasteiger partial charge is 0.137 e. The summed E-state index contributed by atoms with van der Waals surface area (Å²) in [5, 5.41) is 4.74. The summed E-state index contributed by atoms with van der Waals surface area (Å²) in [5.41, 5.74) is 17.5. The largest absolute Gasteiger partial charge is 0.456 e. The lowest BCUT2D eigenvalue weighted by molar-refractivity contribution is 0.669. The Kier molecular flexibility index (Phi) is 6.64. The third kappa shape index (κ3) is 4.27. The SMILES string of the molecule is c1ccc(C2(c3ccccc3)c3cc(N(c4cccc5c4-c4ccccc4C5)c4cccc5oc6ccccc6c45)ccc3-c3ccc4ccccc4c32)cc1. The maximum Gasteiger partial charge on any atom is 0.137 e. The monoisotopic (exact) mass is 713 g/mol. The van der Waals surface area contributed by atoms with Gasteiger partial charge in [0.25, 0.3) is 0 Å². The summed E-state index contributed by atoms with van der Waals surface area (Å²) in [4.78, 5) is 2.51. The molecule has 10 aromatic rings. The molecule has 2 heteroatoms. The number of hydrogen-bond acceptors (Lipinski definition) is 2. The van der Waals surface area contributed by atoms with E-state index in [9.17, 15) is 0 Å². The summed E-state index contributed by atoms with van der Waals surface area (Å²) in [6.07, 6.45) is 0.920. The Hall–Kier alpha value is -7.16. The van der Waals surface area contributed by atoms with Crippen molar-refractivity contribution in [2.45, 2.75) is 11.8 Å². The summed E-state index contributed by atoms with van der Waals surface area (Å²) in [7, 11) is 0. The van der Waals surface area contributed by atoms with Gasteiger partial charge in [0.05, 0.1) is 22.2 Å². The van der Waals surface area contributed by atoms with Gasteiger partial charge < -0.3 is 9.32 Å². The molecule has 0 fully saturated rings. The molecule has 0 saturated carbocycles. The normalized spacial score (nSPS) is 13.4. The molecule has 0 spiro atoms. The first-order valence-electron chi connectivity index (χ1n) is 19.5. The van der Waals surface area contributed by atoms with Crippen molar-refractivity contribution < 1.29 is 4.42 Å². The number of furan rings is 1. The van der Waals surface area contributed by atoms with Crippen molar-refractivity contribution in [2.75, 3.05) is 4.90 Å². The number of benzene rings is 9. The van der Waals surface area contributed by atoms with E-state index < -0.39 is 5.41 Å². The summed E-state index contributed by atoms with van der Waals surface area (Å²) >= 11 is 0. The second-order valence-corrected chi connectivity index (χ2v) is 15.2. The molecule has 0 amide bonds. The number of anilines is 3. The van der Waals surface area contributed by atoms with Crippen LogP contribution in [0.5, 0.6) is 0 Å². The molecule has 1 aromatic heterocycles. The minimum Gasteiger partial charge on any atom is -0.456 e. The Bertz CT molecular complexity index is 3130. The highest BCUT2D eigenvalue weighted by molar-refractivity contribution is 6.14. The molecule has 262 valence electrons. The quantitative estimate of drug-likeness (QED) is 0.177. The highest BCUT2D eigenvalue weighted by Gasteiger charge is 2.47. The van der Waals surface area contributed by atoms with E-state index in [0.29, 0.717) is 0 Å². The molecule has 9 aromatic carbocycles. The fourth-order valence-corrected chi connectivity index (χ4v) is 10.1. The van der Waals surface area contributed by atoms with Crippen LogP contribution in [0.3, 0.4) is 0 Å². The lowest BCUT2D eigenvalue weighted by Crippen LogP contribution is -2.29. The zero-order valence-corrected chi connectivity index (χ0v) is 30.6. The molecule has 12 rings (SSSR count). The number of rotatable bonds is 5. The Labute approximate surface area is 325 Å². The van der Waals surface area contributed by atoms with Gasteiger partial charge in [-0.2, -0.15) is 0 Å². The molecule has 0 unspecified atom stereocenters. The molecule has 1 heterocycles. The molecular formula is C54H35NO. The van der Waals surface area contributed by atoms with Crippen LogP contribution >= 0.6 is 0 Å². The summed E-state index contributed by atoms with van der Waals surface area (Å²) in [6, 6.07) is 73.7. The summed E-state index contributed by atoms with van der Waals surface area (Å²) in [5.74, 6) is 0. The van der Waals surface area contributed by atoms with Crippen molar-refractivity contribution in [3.63, 3.8) is 0 Å². The number of hydrogen-bond donors (Lipinski definition) is 0. The molecule has 2 aliphatic carbocycles. The van der Waals surface area contributed by atoms with E-state index in [0.717, 1.165) is 45.4 Å². The third-order valence-corrected chi connectivity index (χ3v) is 12.3. The molecule has 0 atom stereocenters. The molecule has 0 N–H and O–H groups in total. The van der Waals surface area contributed by atoms with Gasteiger partial charge in [-0.3, -0.25) is 0 Å². The van der Waals surface area contributed by atoms with E-state index >= 15 is 0 Å². The minimum absolute atomic E-state index is 0.574. The highest BCUT2D eigenvalue weighted by atomic mass is 16.3. The van der Waals surface area contributed by atoms with Gasteiger partial charge in [0.15, 0.2) is 0 Å². The lowest BCUT2D eigenvalue weighted by atomic mass is 9.66. The van der Waals surface area contributed by atoms with Gasteiger partial charge in [-0.05, 0) is 104 Å². The van der Waals surface area contributed by atoms with Crippen LogP contribution in [0.4, 0.5) is 17.1 Å². The average molecular weight is 714 g/mol. The fraction of sp³-hybridized carbons (Fsp3) is 0.0370. The van der Waals surface area contributed by atoms with E-state index in [-0.39, 0.29) is 0 Å². The van der Waals surface area contributed by atoms with Crippen LogP contribution in [0.1, 0.15) is 33.4 Å². The highest BCUT2D eigenvalue weighted by Crippen LogP contribution is 2.60. The molecular weight excluding hydrogens is 679 g/mol. The van der Waals surface area contributed by atoms with Crippen LogP contribution in [0, 0.1) is 0 Å². The maximum atomic E-state index is 6.54. The molecule has 2 aliphatic rings. The van der Waals surface area contributed by atoms with Gasteiger partial charge in [0, 0.05) is 16.6 Å². The average Bonchev–Trinajstić information content (AvgIpc) is 3.93. The van der Waals surface area contributed by atoms with Crippen molar-refractivity contribution in [3.05, 3.63) is 234 Å². The zero-order chi connectivity index (χ0) is 36.8. The summed E-state index contributed by atoms with van der Waals surface area (Å²) < 4.78 is 6.54. The van der Waals surface area contributed by atoms with Crippen LogP contribution < -0.4 is 4.90 Å². The van der Waals surface area contributed by atoms with Gasteiger partial charge in [-0.25, -0.2) is 0 Å². The summed E-state index contributed by atoms with van der Waals surface area (Å²) in [6.45, 7) is 0. The van der Waals surface area contributed by atoms with E-state index in [1.54, 1.807) is 0 Å². The molecule has 2 nitrogen and oxygen atoms in total. The van der Waals surface area contributed by atoms with Crippen molar-refractivity contribution >= 4 is 49.8 Å². The van der Waals surface area contributed by atoms with E-state index in [2.05, 4.69) is 205 Å². The van der Waals surface area contributed by atoms with Crippen molar-refractivity contribution in [2.24, 2.45) is 0 Å². The molecule has 0 saturated heterocycles. The van der Waals surface area contributed by atoms with Gasteiger partial charge in [-0.15, -0.1) is 0 Å². The second-order valence-electron chi connectivity index (χ2n) is 15.2. The van der Waals surface area contributed by atoms with Crippen LogP contribution in [0.15, 0.2) is 205 Å². The van der Waals surface area contributed by atoms with E-state index in [1.807, 2.05) is 0 Å². The van der Waals surface area contributed by atoms with E-state index in [4.69, 9.17) is 4.42 Å². The topological polar surface area (TPSA) is 16.4 Å². The van der Waals surface area contributed by atoms with Crippen molar-refractivity contribution in [3.8, 4) is 22.3 Å². The Balaban J connectivity index is 1.21. The van der Waals surface area contributed by atoms with Crippen LogP contribution in [0.2, 0.25) is 0 Å². The molecule has 0 aliphatic heterocycles. The first kappa shape index (κ1) is 31.2. The fourth-order valence-electron chi connectivity index (χ4n) is 10.1. The van der Waals surface area contributed by atoms with E-state index in [1.165, 1.54) is 66.4 Å². The Morgan fingerprint density at radius 3 is 1.93 bits per heavy atom. The van der Waals surface area contributed by atoms with Gasteiger partial charge in [0.1, 0.15) is 11.2 Å². The second kappa shape index (κ2) is 11.9. The predicted molar refractivity (Wildman–Crippen MR) is 231 cm³/mol. The first-order chi connectivity index (χ1) is 27.8. The van der Waals surface area contributed by atoms with Crippen LogP contribution in [-0.2, 0) is 11.8 Å². The number of nitrogens with zero attached hydrogens (tertiary/aromatic N) is 1. The number of para-hydroxylation sites is 1. The third-order valence-electron chi connectivity index (χ3n) is 12.3. The Morgan fingerprint density at radius 1 is 0.446 bits per heavy atom. The van der Waals surface area contributed by atoms with Gasteiger partial charge in [0.2, 0.25) is 0 Å². The molecule has 0 radical (unpaired) electrons. The number of fused-ring (bicyclic) bond motifs is 11. The van der Waals surface area contributed by atoms with Crippen LogP contribution in [-0.4, -0.2) is 0 Å². The lowest BCUT2D eigenvalue weighted by Gasteiger charge is -2.36. The Morgan fingerprint density at radius 2 is 1.09 bits per heavy atom.